The number of ketones is 1. The number of carbonyl (C=O) groups is 2. The predicted molar refractivity (Wildman–Crippen MR) is 112 cm³/mol. The average molecular weight is 412 g/mol. The molecule has 0 saturated carbocycles. The number of piperazine rings is 1. The molecule has 2 fully saturated rings. The lowest BCUT2D eigenvalue weighted by atomic mass is 10.1. The molecule has 0 bridgehead atoms. The van der Waals surface area contributed by atoms with Crippen LogP contribution in [-0.2, 0) is 4.79 Å². The van der Waals surface area contributed by atoms with Crippen LogP contribution in [0.5, 0.6) is 0 Å². The van der Waals surface area contributed by atoms with E-state index in [9.17, 15) is 14.0 Å². The summed E-state index contributed by atoms with van der Waals surface area (Å²) in [5.41, 5.74) is 10.7. The Bertz CT molecular complexity index is 914. The molecular weight excluding hydrogens is 387 g/mol. The number of para-hydroxylation sites is 1. The van der Waals surface area contributed by atoms with Crippen molar-refractivity contribution in [2.75, 3.05) is 36.4 Å². The van der Waals surface area contributed by atoms with Crippen molar-refractivity contribution >= 4 is 23.1 Å². The van der Waals surface area contributed by atoms with E-state index >= 15 is 0 Å². The van der Waals surface area contributed by atoms with E-state index in [4.69, 9.17) is 0 Å². The highest BCUT2D eigenvalue weighted by atomic mass is 19.1. The molecule has 1 amide bonds. The molecule has 8 nitrogen and oxygen atoms in total. The topological polar surface area (TPSA) is 88.7 Å². The van der Waals surface area contributed by atoms with Crippen LogP contribution in [0.25, 0.3) is 0 Å². The Morgan fingerprint density at radius 2 is 1.70 bits per heavy atom. The first kappa shape index (κ1) is 20.3. The maximum atomic E-state index is 13.9. The third-order valence-corrected chi connectivity index (χ3v) is 5.47. The number of rotatable bonds is 5. The van der Waals surface area contributed by atoms with E-state index in [1.54, 1.807) is 25.1 Å². The van der Waals surface area contributed by atoms with Gasteiger partial charge in [0.05, 0.1) is 5.69 Å². The van der Waals surface area contributed by atoms with E-state index in [1.807, 2.05) is 29.2 Å². The van der Waals surface area contributed by atoms with E-state index < -0.39 is 12.2 Å². The highest BCUT2D eigenvalue weighted by molar-refractivity contribution is 5.94. The molecule has 0 aliphatic carbocycles. The summed E-state index contributed by atoms with van der Waals surface area (Å²) in [5, 5.41) is 3.03. The Kier molecular flexibility index (Phi) is 5.93. The molecule has 4 N–H and O–H groups in total. The molecule has 0 radical (unpaired) electrons. The highest BCUT2D eigenvalue weighted by Gasteiger charge is 2.37. The van der Waals surface area contributed by atoms with Gasteiger partial charge in [-0.25, -0.2) is 15.2 Å². The summed E-state index contributed by atoms with van der Waals surface area (Å²) in [7, 11) is 0. The molecule has 2 aliphatic heterocycles. The van der Waals surface area contributed by atoms with Gasteiger partial charge in [0, 0.05) is 37.4 Å². The minimum absolute atomic E-state index is 0.0433. The van der Waals surface area contributed by atoms with E-state index in [1.165, 1.54) is 6.07 Å². The van der Waals surface area contributed by atoms with Crippen LogP contribution in [0.4, 0.5) is 15.8 Å². The summed E-state index contributed by atoms with van der Waals surface area (Å²) < 4.78 is 13.9. The van der Waals surface area contributed by atoms with E-state index in [0.29, 0.717) is 37.4 Å². The SMILES string of the molecule is CC(=O)c1ccc(N2CCN(C(=O)C3NNNC3Nc3ccccc3F)CC2)cc1. The highest BCUT2D eigenvalue weighted by Crippen LogP contribution is 2.19. The van der Waals surface area contributed by atoms with Crippen molar-refractivity contribution in [3.63, 3.8) is 0 Å². The van der Waals surface area contributed by atoms with Crippen molar-refractivity contribution in [3.05, 3.63) is 59.9 Å². The van der Waals surface area contributed by atoms with Crippen LogP contribution >= 0.6 is 0 Å². The van der Waals surface area contributed by atoms with Crippen molar-refractivity contribution in [1.29, 1.82) is 0 Å². The first-order valence-corrected chi connectivity index (χ1v) is 9.95. The summed E-state index contributed by atoms with van der Waals surface area (Å²) in [5.74, 6) is -0.392. The normalized spacial score (nSPS) is 21.5. The second kappa shape index (κ2) is 8.78. The van der Waals surface area contributed by atoms with Gasteiger partial charge in [0.15, 0.2) is 5.78 Å². The molecule has 2 heterocycles. The number of nitrogens with one attached hydrogen (secondary N) is 4. The standard InChI is InChI=1S/C21H25FN6O2/c1-14(29)15-6-8-16(9-7-15)27-10-12-28(13-11-27)21(30)19-20(25-26-24-19)23-18-5-3-2-4-17(18)22/h2-9,19-20,23-26H,10-13H2,1H3. The van der Waals surface area contributed by atoms with Gasteiger partial charge in [0.2, 0.25) is 5.91 Å². The van der Waals surface area contributed by atoms with Gasteiger partial charge in [0.1, 0.15) is 18.0 Å². The number of anilines is 2. The van der Waals surface area contributed by atoms with Crippen LogP contribution in [0.1, 0.15) is 17.3 Å². The molecule has 9 heteroatoms. The zero-order valence-electron chi connectivity index (χ0n) is 16.7. The first-order valence-electron chi connectivity index (χ1n) is 9.95. The molecule has 0 aromatic heterocycles. The van der Waals surface area contributed by atoms with Crippen LogP contribution in [0.15, 0.2) is 48.5 Å². The molecule has 2 aliphatic rings. The van der Waals surface area contributed by atoms with Crippen LogP contribution < -0.4 is 26.6 Å². The predicted octanol–water partition coefficient (Wildman–Crippen LogP) is 1.10. The summed E-state index contributed by atoms with van der Waals surface area (Å²) in [6.07, 6.45) is -0.494. The monoisotopic (exact) mass is 412 g/mol. The molecule has 2 aromatic carbocycles. The van der Waals surface area contributed by atoms with Gasteiger partial charge in [-0.15, -0.1) is 0 Å². The lowest BCUT2D eigenvalue weighted by Gasteiger charge is -2.37. The number of nitrogens with zero attached hydrogens (tertiary/aromatic N) is 2. The Morgan fingerprint density at radius 3 is 2.37 bits per heavy atom. The number of Topliss-reactive ketones (excluding diaryl/α,β-unsaturated/α-hetero) is 1. The van der Waals surface area contributed by atoms with Crippen molar-refractivity contribution in [2.45, 2.75) is 19.1 Å². The zero-order chi connectivity index (χ0) is 21.1. The first-order chi connectivity index (χ1) is 14.5. The Hall–Kier alpha value is -3.01. The van der Waals surface area contributed by atoms with Gasteiger partial charge in [-0.1, -0.05) is 12.1 Å². The number of hydrazine groups is 2. The maximum Gasteiger partial charge on any atom is 0.244 e. The third-order valence-electron chi connectivity index (χ3n) is 5.47. The fraction of sp³-hybridized carbons (Fsp3) is 0.333. The lowest BCUT2D eigenvalue weighted by molar-refractivity contribution is -0.133. The van der Waals surface area contributed by atoms with E-state index in [0.717, 1.165) is 5.69 Å². The van der Waals surface area contributed by atoms with Crippen LogP contribution in [0, 0.1) is 5.82 Å². The molecule has 2 aromatic rings. The van der Waals surface area contributed by atoms with Gasteiger partial charge in [-0.3, -0.25) is 9.59 Å². The zero-order valence-corrected chi connectivity index (χ0v) is 16.7. The second-order valence-electron chi connectivity index (χ2n) is 7.41. The van der Waals surface area contributed by atoms with Crippen molar-refractivity contribution < 1.29 is 14.0 Å². The fourth-order valence-electron chi connectivity index (χ4n) is 3.72. The average Bonchev–Trinajstić information content (AvgIpc) is 3.23. The minimum Gasteiger partial charge on any atom is -0.368 e. The summed E-state index contributed by atoms with van der Waals surface area (Å²) in [6, 6.07) is 13.3. The van der Waals surface area contributed by atoms with Crippen molar-refractivity contribution in [3.8, 4) is 0 Å². The van der Waals surface area contributed by atoms with Gasteiger partial charge in [-0.05, 0) is 43.3 Å². The molecule has 4 rings (SSSR count). The van der Waals surface area contributed by atoms with Crippen LogP contribution in [-0.4, -0.2) is 55.0 Å². The van der Waals surface area contributed by atoms with Crippen molar-refractivity contribution in [2.24, 2.45) is 0 Å². The largest absolute Gasteiger partial charge is 0.368 e. The number of halogens is 1. The Morgan fingerprint density at radius 1 is 1.00 bits per heavy atom. The summed E-state index contributed by atoms with van der Waals surface area (Å²) in [6.45, 7) is 4.11. The number of hydrogen-bond acceptors (Lipinski definition) is 7. The second-order valence-corrected chi connectivity index (χ2v) is 7.41. The van der Waals surface area contributed by atoms with Gasteiger partial charge < -0.3 is 15.1 Å². The quantitative estimate of drug-likeness (QED) is 0.547. The molecule has 2 atom stereocenters. The van der Waals surface area contributed by atoms with Gasteiger partial charge in [-0.2, -0.15) is 5.53 Å². The molecule has 2 saturated heterocycles. The maximum absolute atomic E-state index is 13.9. The molecule has 0 spiro atoms. The summed E-state index contributed by atoms with van der Waals surface area (Å²) >= 11 is 0. The van der Waals surface area contributed by atoms with E-state index in [-0.39, 0.29) is 17.5 Å². The molecule has 158 valence electrons. The number of carbonyl (C=O) groups excluding carboxylic acids is 2. The third kappa shape index (κ3) is 4.28. The lowest BCUT2D eigenvalue weighted by Crippen LogP contribution is -2.57. The molecule has 30 heavy (non-hydrogen) atoms. The Labute approximate surface area is 174 Å². The van der Waals surface area contributed by atoms with Crippen molar-refractivity contribution in [1.82, 2.24) is 21.3 Å². The Balaban J connectivity index is 1.35. The van der Waals surface area contributed by atoms with Gasteiger partial charge >= 0.3 is 0 Å². The fourth-order valence-corrected chi connectivity index (χ4v) is 3.72. The van der Waals surface area contributed by atoms with Crippen LogP contribution in [0.2, 0.25) is 0 Å². The smallest absolute Gasteiger partial charge is 0.244 e. The number of amides is 1. The molecule has 2 unspecified atom stereocenters. The van der Waals surface area contributed by atoms with Crippen LogP contribution in [0.3, 0.4) is 0 Å². The molecular formula is C21H25FN6O2. The summed E-state index contributed by atoms with van der Waals surface area (Å²) in [4.78, 5) is 28.5. The minimum atomic E-state index is -0.578. The number of hydrogen-bond donors (Lipinski definition) is 4. The van der Waals surface area contributed by atoms with E-state index in [2.05, 4.69) is 26.6 Å². The number of benzene rings is 2. The van der Waals surface area contributed by atoms with Gasteiger partial charge in [0.25, 0.3) is 0 Å².